The van der Waals surface area contributed by atoms with Gasteiger partial charge in [0.05, 0.1) is 11.4 Å². The van der Waals surface area contributed by atoms with Gasteiger partial charge in [0.15, 0.2) is 0 Å². The first-order valence-electron chi connectivity index (χ1n) is 7.74. The van der Waals surface area contributed by atoms with Crippen LogP contribution in [-0.2, 0) is 5.41 Å². The fraction of sp³-hybridized carbons (Fsp3) is 0.143. The van der Waals surface area contributed by atoms with E-state index in [1.807, 2.05) is 0 Å². The molecule has 0 fully saturated rings. The molecule has 3 aromatic rings. The molecule has 22 heavy (non-hydrogen) atoms. The Morgan fingerprint density at radius 3 is 1.59 bits per heavy atom. The van der Waals surface area contributed by atoms with Crippen LogP contribution in [-0.4, -0.2) is 0 Å². The number of hydrogen-bond donors (Lipinski definition) is 0. The number of anilines is 3. The largest absolute Gasteiger partial charge is 0.310 e. The Bertz CT molecular complexity index is 769. The fourth-order valence-electron chi connectivity index (χ4n) is 3.52. The van der Waals surface area contributed by atoms with E-state index in [1.54, 1.807) is 0 Å². The van der Waals surface area contributed by atoms with E-state index in [0.717, 1.165) is 0 Å². The summed E-state index contributed by atoms with van der Waals surface area (Å²) in [6.07, 6.45) is 0. The van der Waals surface area contributed by atoms with E-state index in [9.17, 15) is 0 Å². The highest BCUT2D eigenvalue weighted by atomic mass is 15.2. The van der Waals surface area contributed by atoms with Crippen LogP contribution in [0.3, 0.4) is 0 Å². The molecule has 0 bridgehead atoms. The van der Waals surface area contributed by atoms with E-state index in [-0.39, 0.29) is 5.41 Å². The van der Waals surface area contributed by atoms with E-state index in [1.165, 1.54) is 28.2 Å². The Kier molecular flexibility index (Phi) is 2.83. The van der Waals surface area contributed by atoms with Crippen molar-refractivity contribution in [3.63, 3.8) is 0 Å². The number of benzene rings is 3. The summed E-state index contributed by atoms with van der Waals surface area (Å²) < 4.78 is 0. The minimum atomic E-state index is 0.0124. The first-order chi connectivity index (χ1) is 10.7. The van der Waals surface area contributed by atoms with Crippen molar-refractivity contribution in [3.8, 4) is 0 Å². The summed E-state index contributed by atoms with van der Waals surface area (Å²) in [7, 11) is 0. The molecule has 0 amide bonds. The van der Waals surface area contributed by atoms with Gasteiger partial charge in [-0.05, 0) is 35.4 Å². The van der Waals surface area contributed by atoms with E-state index in [4.69, 9.17) is 0 Å². The maximum Gasteiger partial charge on any atom is 0.0502 e. The minimum Gasteiger partial charge on any atom is -0.310 e. The van der Waals surface area contributed by atoms with Crippen LogP contribution >= 0.6 is 0 Å². The van der Waals surface area contributed by atoms with E-state index in [0.29, 0.717) is 0 Å². The summed E-state index contributed by atoms with van der Waals surface area (Å²) in [4.78, 5) is 2.37. The molecule has 0 radical (unpaired) electrons. The summed E-state index contributed by atoms with van der Waals surface area (Å²) in [5.41, 5.74) is 6.51. The molecule has 0 saturated heterocycles. The lowest BCUT2D eigenvalue weighted by Gasteiger charge is -2.42. The van der Waals surface area contributed by atoms with Crippen LogP contribution < -0.4 is 4.90 Å². The number of para-hydroxylation sites is 3. The van der Waals surface area contributed by atoms with Gasteiger partial charge in [-0.2, -0.15) is 0 Å². The van der Waals surface area contributed by atoms with Gasteiger partial charge in [-0.1, -0.05) is 68.4 Å². The summed E-state index contributed by atoms with van der Waals surface area (Å²) in [6.45, 7) is 4.62. The third-order valence-electron chi connectivity index (χ3n) is 4.65. The molecule has 108 valence electrons. The van der Waals surface area contributed by atoms with Gasteiger partial charge in [-0.15, -0.1) is 0 Å². The smallest absolute Gasteiger partial charge is 0.0502 e. The van der Waals surface area contributed by atoms with Crippen molar-refractivity contribution >= 4 is 17.1 Å². The van der Waals surface area contributed by atoms with Crippen LogP contribution in [0.15, 0.2) is 78.9 Å². The maximum atomic E-state index is 2.37. The predicted octanol–water partition coefficient (Wildman–Crippen LogP) is 5.80. The molecular formula is C21H19N. The molecular weight excluding hydrogens is 266 g/mol. The van der Waals surface area contributed by atoms with Crippen LogP contribution in [0, 0.1) is 0 Å². The highest BCUT2D eigenvalue weighted by Crippen LogP contribution is 2.51. The molecule has 1 aliphatic heterocycles. The van der Waals surface area contributed by atoms with Gasteiger partial charge >= 0.3 is 0 Å². The number of rotatable bonds is 1. The summed E-state index contributed by atoms with van der Waals surface area (Å²) in [6, 6.07) is 28.1. The van der Waals surface area contributed by atoms with Crippen LogP contribution in [0.4, 0.5) is 17.1 Å². The third kappa shape index (κ3) is 1.79. The first kappa shape index (κ1) is 13.1. The topological polar surface area (TPSA) is 3.24 Å². The average molecular weight is 285 g/mol. The van der Waals surface area contributed by atoms with E-state index in [2.05, 4.69) is 97.6 Å². The maximum absolute atomic E-state index is 2.37. The lowest BCUT2D eigenvalue weighted by molar-refractivity contribution is 0.632. The monoisotopic (exact) mass is 285 g/mol. The van der Waals surface area contributed by atoms with E-state index >= 15 is 0 Å². The molecule has 1 heteroatoms. The second-order valence-electron chi connectivity index (χ2n) is 6.33. The number of nitrogens with zero attached hydrogens (tertiary/aromatic N) is 1. The molecule has 0 atom stereocenters. The standard InChI is InChI=1S/C21H19N/c1-21(2)17-12-6-8-14-19(17)22(16-10-4-3-5-11-16)20-15-9-7-13-18(20)21/h3-15H,1-2H3. The lowest BCUT2D eigenvalue weighted by atomic mass is 9.73. The van der Waals surface area contributed by atoms with Crippen molar-refractivity contribution in [2.75, 3.05) is 4.90 Å². The first-order valence-corrected chi connectivity index (χ1v) is 7.74. The van der Waals surface area contributed by atoms with Crippen LogP contribution in [0.2, 0.25) is 0 Å². The van der Waals surface area contributed by atoms with Gasteiger partial charge in [-0.3, -0.25) is 0 Å². The molecule has 4 rings (SSSR count). The van der Waals surface area contributed by atoms with Crippen LogP contribution in [0.25, 0.3) is 0 Å². The van der Waals surface area contributed by atoms with E-state index < -0.39 is 0 Å². The number of fused-ring (bicyclic) bond motifs is 2. The molecule has 0 aromatic heterocycles. The highest BCUT2D eigenvalue weighted by Gasteiger charge is 2.36. The van der Waals surface area contributed by atoms with Crippen molar-refractivity contribution in [3.05, 3.63) is 90.0 Å². The molecule has 0 spiro atoms. The average Bonchev–Trinajstić information content (AvgIpc) is 2.56. The number of hydrogen-bond acceptors (Lipinski definition) is 1. The third-order valence-corrected chi connectivity index (χ3v) is 4.65. The van der Waals surface area contributed by atoms with Gasteiger partial charge in [0, 0.05) is 11.1 Å². The Morgan fingerprint density at radius 2 is 1.05 bits per heavy atom. The quantitative estimate of drug-likeness (QED) is 0.546. The summed E-state index contributed by atoms with van der Waals surface area (Å²) >= 11 is 0. The Morgan fingerprint density at radius 1 is 0.591 bits per heavy atom. The molecule has 0 aliphatic carbocycles. The van der Waals surface area contributed by atoms with Crippen molar-refractivity contribution in [2.24, 2.45) is 0 Å². The molecule has 1 nitrogen and oxygen atoms in total. The van der Waals surface area contributed by atoms with Gasteiger partial charge in [-0.25, -0.2) is 0 Å². The zero-order valence-corrected chi connectivity index (χ0v) is 13.0. The minimum absolute atomic E-state index is 0.0124. The molecule has 0 saturated carbocycles. The SMILES string of the molecule is CC1(C)c2ccccc2N(c2ccccc2)c2ccccc21. The summed E-state index contributed by atoms with van der Waals surface area (Å²) in [5.74, 6) is 0. The molecule has 0 unspecified atom stereocenters. The Labute approximate surface area is 131 Å². The molecule has 1 aliphatic rings. The Hall–Kier alpha value is -2.54. The van der Waals surface area contributed by atoms with Crippen molar-refractivity contribution in [1.29, 1.82) is 0 Å². The zero-order valence-electron chi connectivity index (χ0n) is 13.0. The highest BCUT2D eigenvalue weighted by molar-refractivity contribution is 5.85. The predicted molar refractivity (Wildman–Crippen MR) is 93.3 cm³/mol. The lowest BCUT2D eigenvalue weighted by Crippen LogP contribution is -2.30. The van der Waals surface area contributed by atoms with Crippen molar-refractivity contribution < 1.29 is 0 Å². The molecule has 1 heterocycles. The normalized spacial score (nSPS) is 15.1. The second kappa shape index (κ2) is 4.74. The van der Waals surface area contributed by atoms with Gasteiger partial charge < -0.3 is 4.90 Å². The Balaban J connectivity index is 2.05. The van der Waals surface area contributed by atoms with Gasteiger partial charge in [0.1, 0.15) is 0 Å². The van der Waals surface area contributed by atoms with Crippen molar-refractivity contribution in [2.45, 2.75) is 19.3 Å². The molecule has 0 N–H and O–H groups in total. The zero-order chi connectivity index (χ0) is 15.2. The van der Waals surface area contributed by atoms with Crippen LogP contribution in [0.1, 0.15) is 25.0 Å². The van der Waals surface area contributed by atoms with Crippen LogP contribution in [0.5, 0.6) is 0 Å². The second-order valence-corrected chi connectivity index (χ2v) is 6.33. The van der Waals surface area contributed by atoms with Gasteiger partial charge in [0.25, 0.3) is 0 Å². The van der Waals surface area contributed by atoms with Gasteiger partial charge in [0.2, 0.25) is 0 Å². The summed E-state index contributed by atoms with van der Waals surface area (Å²) in [5, 5.41) is 0. The van der Waals surface area contributed by atoms with Crippen molar-refractivity contribution in [1.82, 2.24) is 0 Å². The fourth-order valence-corrected chi connectivity index (χ4v) is 3.52. The molecule has 3 aromatic carbocycles.